The minimum Gasteiger partial charge on any atom is -0.355 e. The van der Waals surface area contributed by atoms with E-state index in [1.54, 1.807) is 0 Å². The number of likely N-dealkylation sites (N-methyl/N-ethyl adjacent to an activating group) is 1. The number of rotatable bonds is 6. The summed E-state index contributed by atoms with van der Waals surface area (Å²) in [4.78, 5) is 21.9. The fourth-order valence-corrected chi connectivity index (χ4v) is 0.861. The van der Waals surface area contributed by atoms with E-state index < -0.39 is 0 Å². The van der Waals surface area contributed by atoms with Crippen LogP contribution in [0.1, 0.15) is 26.7 Å². The highest BCUT2D eigenvalue weighted by atomic mass is 16.2. The largest absolute Gasteiger partial charge is 0.355 e. The molecule has 0 aromatic rings. The van der Waals surface area contributed by atoms with Gasteiger partial charge in [0.15, 0.2) is 0 Å². The van der Waals surface area contributed by atoms with Gasteiger partial charge < -0.3 is 16.0 Å². The van der Waals surface area contributed by atoms with Gasteiger partial charge in [-0.15, -0.1) is 0 Å². The molecule has 0 aliphatic heterocycles. The topological polar surface area (TPSA) is 70.2 Å². The van der Waals surface area contributed by atoms with Gasteiger partial charge in [-0.1, -0.05) is 13.3 Å². The van der Waals surface area contributed by atoms with E-state index in [4.69, 9.17) is 0 Å². The van der Waals surface area contributed by atoms with Crippen LogP contribution in [0.5, 0.6) is 0 Å². The zero-order valence-electron chi connectivity index (χ0n) is 8.85. The fraction of sp³-hybridized carbons (Fsp3) is 0.778. The Morgan fingerprint density at radius 2 is 1.79 bits per heavy atom. The van der Waals surface area contributed by atoms with Gasteiger partial charge in [0, 0.05) is 13.1 Å². The Bertz CT molecular complexity index is 183. The summed E-state index contributed by atoms with van der Waals surface area (Å²) in [6.07, 6.45) is 1.99. The third kappa shape index (κ3) is 7.39. The second-order valence-electron chi connectivity index (χ2n) is 2.92. The molecule has 0 radical (unpaired) electrons. The maximum absolute atomic E-state index is 11.0. The van der Waals surface area contributed by atoms with Gasteiger partial charge in [-0.25, -0.2) is 4.79 Å². The van der Waals surface area contributed by atoms with Crippen molar-refractivity contribution in [1.29, 1.82) is 0 Å². The average Bonchev–Trinajstić information content (AvgIpc) is 2.16. The second kappa shape index (κ2) is 8.34. The minimum atomic E-state index is -0.287. The molecule has 0 fully saturated rings. The standard InChI is InChI=1S/C9H19N3O2/c1-3-5-6-11-9(14)12-7-8(13)10-4-2/h3-7H2,1-2H3,(H,10,13)(H2,11,12,14). The molecule has 0 aliphatic rings. The number of carbonyl (C=O) groups excluding carboxylic acids is 2. The molecule has 3 N–H and O–H groups in total. The molecule has 0 spiro atoms. The predicted octanol–water partition coefficient (Wildman–Crippen LogP) is 0.222. The molecule has 14 heavy (non-hydrogen) atoms. The second-order valence-corrected chi connectivity index (χ2v) is 2.92. The van der Waals surface area contributed by atoms with E-state index in [9.17, 15) is 9.59 Å². The first-order valence-electron chi connectivity index (χ1n) is 4.99. The van der Waals surface area contributed by atoms with Crippen LogP contribution in [-0.2, 0) is 4.79 Å². The minimum absolute atomic E-state index is 0.0335. The lowest BCUT2D eigenvalue weighted by Gasteiger charge is -2.06. The van der Waals surface area contributed by atoms with Crippen LogP contribution in [0.2, 0.25) is 0 Å². The third-order valence-corrected chi connectivity index (χ3v) is 1.60. The molecule has 82 valence electrons. The van der Waals surface area contributed by atoms with Crippen LogP contribution in [-0.4, -0.2) is 31.6 Å². The highest BCUT2D eigenvalue weighted by Gasteiger charge is 2.02. The van der Waals surface area contributed by atoms with Gasteiger partial charge in [-0.05, 0) is 13.3 Å². The molecule has 0 heterocycles. The maximum atomic E-state index is 11.0. The molecule has 0 unspecified atom stereocenters. The third-order valence-electron chi connectivity index (χ3n) is 1.60. The van der Waals surface area contributed by atoms with Crippen LogP contribution in [0.4, 0.5) is 4.79 Å². The smallest absolute Gasteiger partial charge is 0.315 e. The first-order valence-corrected chi connectivity index (χ1v) is 4.99. The van der Waals surface area contributed by atoms with Gasteiger partial charge in [-0.2, -0.15) is 0 Å². The van der Waals surface area contributed by atoms with Crippen LogP contribution < -0.4 is 16.0 Å². The molecule has 0 bridgehead atoms. The van der Waals surface area contributed by atoms with Crippen molar-refractivity contribution in [2.75, 3.05) is 19.6 Å². The predicted molar refractivity (Wildman–Crippen MR) is 55.0 cm³/mol. The molecule has 0 aliphatic carbocycles. The number of urea groups is 1. The van der Waals surface area contributed by atoms with Crippen LogP contribution in [0.25, 0.3) is 0 Å². The Labute approximate surface area is 84.6 Å². The average molecular weight is 201 g/mol. The van der Waals surface area contributed by atoms with Gasteiger partial charge >= 0.3 is 6.03 Å². The molecule has 5 heteroatoms. The van der Waals surface area contributed by atoms with E-state index in [0.29, 0.717) is 13.1 Å². The van der Waals surface area contributed by atoms with E-state index in [0.717, 1.165) is 12.8 Å². The van der Waals surface area contributed by atoms with Crippen LogP contribution in [0.15, 0.2) is 0 Å². The summed E-state index contributed by atoms with van der Waals surface area (Å²) < 4.78 is 0. The van der Waals surface area contributed by atoms with Crippen molar-refractivity contribution in [2.24, 2.45) is 0 Å². The van der Waals surface area contributed by atoms with E-state index in [1.807, 2.05) is 13.8 Å². The number of amides is 3. The monoisotopic (exact) mass is 201 g/mol. The lowest BCUT2D eigenvalue weighted by molar-refractivity contribution is -0.119. The van der Waals surface area contributed by atoms with Crippen molar-refractivity contribution in [1.82, 2.24) is 16.0 Å². The zero-order valence-corrected chi connectivity index (χ0v) is 8.85. The number of nitrogens with one attached hydrogen (secondary N) is 3. The van der Waals surface area contributed by atoms with E-state index in [-0.39, 0.29) is 18.5 Å². The molecule has 0 aromatic carbocycles. The van der Waals surface area contributed by atoms with E-state index >= 15 is 0 Å². The Kier molecular flexibility index (Phi) is 7.59. The summed E-state index contributed by atoms with van der Waals surface area (Å²) in [5.74, 6) is -0.168. The van der Waals surface area contributed by atoms with Crippen molar-refractivity contribution in [3.05, 3.63) is 0 Å². The van der Waals surface area contributed by atoms with Crippen LogP contribution >= 0.6 is 0 Å². The SMILES string of the molecule is CCCCNC(=O)NCC(=O)NCC. The highest BCUT2D eigenvalue weighted by Crippen LogP contribution is 1.81. The van der Waals surface area contributed by atoms with Crippen molar-refractivity contribution in [2.45, 2.75) is 26.7 Å². The molecule has 3 amide bonds. The van der Waals surface area contributed by atoms with E-state index in [1.165, 1.54) is 0 Å². The first kappa shape index (κ1) is 12.7. The number of hydrogen-bond acceptors (Lipinski definition) is 2. The molecule has 0 atom stereocenters. The Hall–Kier alpha value is -1.26. The molecular weight excluding hydrogens is 182 g/mol. The van der Waals surface area contributed by atoms with Crippen LogP contribution in [0, 0.1) is 0 Å². The highest BCUT2D eigenvalue weighted by molar-refractivity contribution is 5.83. The summed E-state index contributed by atoms with van der Waals surface area (Å²) in [6.45, 7) is 5.15. The molecule has 0 rings (SSSR count). The molecular formula is C9H19N3O2. The van der Waals surface area contributed by atoms with Gasteiger partial charge in [0.2, 0.25) is 5.91 Å². The number of unbranched alkanes of at least 4 members (excludes halogenated alkanes) is 1. The van der Waals surface area contributed by atoms with Crippen LogP contribution in [0.3, 0.4) is 0 Å². The summed E-state index contributed by atoms with van der Waals surface area (Å²) in [7, 11) is 0. The lowest BCUT2D eigenvalue weighted by atomic mass is 10.3. The van der Waals surface area contributed by atoms with Crippen molar-refractivity contribution < 1.29 is 9.59 Å². The van der Waals surface area contributed by atoms with Crippen molar-refractivity contribution in [3.8, 4) is 0 Å². The summed E-state index contributed by atoms with van der Waals surface area (Å²) in [5.41, 5.74) is 0. The van der Waals surface area contributed by atoms with Gasteiger partial charge in [-0.3, -0.25) is 4.79 Å². The summed E-state index contributed by atoms with van der Waals surface area (Å²) in [5, 5.41) is 7.70. The first-order chi connectivity index (χ1) is 6.70. The molecule has 0 saturated heterocycles. The Morgan fingerprint density at radius 3 is 2.36 bits per heavy atom. The lowest BCUT2D eigenvalue weighted by Crippen LogP contribution is -2.42. The van der Waals surface area contributed by atoms with Crippen molar-refractivity contribution >= 4 is 11.9 Å². The van der Waals surface area contributed by atoms with E-state index in [2.05, 4.69) is 16.0 Å². The Morgan fingerprint density at radius 1 is 1.07 bits per heavy atom. The summed E-state index contributed by atoms with van der Waals surface area (Å²) in [6, 6.07) is -0.287. The van der Waals surface area contributed by atoms with Gasteiger partial charge in [0.25, 0.3) is 0 Å². The van der Waals surface area contributed by atoms with Crippen molar-refractivity contribution in [3.63, 3.8) is 0 Å². The van der Waals surface area contributed by atoms with Gasteiger partial charge in [0.05, 0.1) is 6.54 Å². The zero-order chi connectivity index (χ0) is 10.8. The number of carbonyl (C=O) groups is 2. The van der Waals surface area contributed by atoms with Gasteiger partial charge in [0.1, 0.15) is 0 Å². The fourth-order valence-electron chi connectivity index (χ4n) is 0.861. The maximum Gasteiger partial charge on any atom is 0.315 e. The normalized spacial score (nSPS) is 9.29. The number of hydrogen-bond donors (Lipinski definition) is 3. The Balaban J connectivity index is 3.39. The quantitative estimate of drug-likeness (QED) is 0.538. The molecule has 0 aromatic heterocycles. The molecule has 5 nitrogen and oxygen atoms in total. The molecule has 0 saturated carbocycles. The summed E-state index contributed by atoms with van der Waals surface area (Å²) >= 11 is 0.